The van der Waals surface area contributed by atoms with Crippen LogP contribution in [0.4, 0.5) is 0 Å². The highest BCUT2D eigenvalue weighted by Gasteiger charge is 2.20. The Balaban J connectivity index is 1.49. The van der Waals surface area contributed by atoms with Gasteiger partial charge in [0, 0.05) is 47.8 Å². The summed E-state index contributed by atoms with van der Waals surface area (Å²) in [5.74, 6) is 0.167. The summed E-state index contributed by atoms with van der Waals surface area (Å²) in [5.41, 5.74) is 4.86. The molecule has 3 aromatic rings. The van der Waals surface area contributed by atoms with Crippen molar-refractivity contribution in [2.75, 3.05) is 13.1 Å². The Labute approximate surface area is 158 Å². The van der Waals surface area contributed by atoms with Crippen molar-refractivity contribution in [3.8, 4) is 0 Å². The molecule has 0 aliphatic carbocycles. The van der Waals surface area contributed by atoms with Crippen LogP contribution < -0.4 is 0 Å². The fraction of sp³-hybridized carbons (Fsp3) is 0.227. The summed E-state index contributed by atoms with van der Waals surface area (Å²) in [7, 11) is 2.08. The molecule has 1 aliphatic rings. The molecular weight excluding hydrogens is 344 g/mol. The van der Waals surface area contributed by atoms with Crippen LogP contribution in [-0.2, 0) is 18.3 Å². The number of benzene rings is 2. The number of carbonyl (C=O) groups is 1. The van der Waals surface area contributed by atoms with Gasteiger partial charge in [0.05, 0.1) is 6.42 Å². The Hall–Kier alpha value is -2.52. The zero-order chi connectivity index (χ0) is 18.1. The van der Waals surface area contributed by atoms with Crippen molar-refractivity contribution in [1.29, 1.82) is 0 Å². The van der Waals surface area contributed by atoms with E-state index in [1.807, 2.05) is 29.2 Å². The minimum atomic E-state index is 0.167. The number of carbonyl (C=O) groups excluding carboxylic acids is 1. The number of amides is 1. The Morgan fingerprint density at radius 3 is 2.62 bits per heavy atom. The van der Waals surface area contributed by atoms with Crippen LogP contribution in [0.3, 0.4) is 0 Å². The second-order valence-electron chi connectivity index (χ2n) is 6.79. The van der Waals surface area contributed by atoms with Gasteiger partial charge >= 0.3 is 0 Å². The average Bonchev–Trinajstić information content (AvgIpc) is 3.01. The monoisotopic (exact) mass is 364 g/mol. The zero-order valence-corrected chi connectivity index (χ0v) is 15.5. The van der Waals surface area contributed by atoms with Gasteiger partial charge in [-0.1, -0.05) is 48.0 Å². The third kappa shape index (κ3) is 3.27. The van der Waals surface area contributed by atoms with E-state index in [0.717, 1.165) is 18.5 Å². The molecule has 2 aromatic carbocycles. The molecule has 0 saturated carbocycles. The molecule has 0 atom stereocenters. The first-order valence-corrected chi connectivity index (χ1v) is 9.25. The fourth-order valence-electron chi connectivity index (χ4n) is 3.63. The number of nitrogens with zero attached hydrogens (tertiary/aromatic N) is 2. The van der Waals surface area contributed by atoms with Crippen LogP contribution >= 0.6 is 11.6 Å². The van der Waals surface area contributed by atoms with E-state index >= 15 is 0 Å². The zero-order valence-electron chi connectivity index (χ0n) is 14.8. The predicted octanol–water partition coefficient (Wildman–Crippen LogP) is 4.69. The van der Waals surface area contributed by atoms with Crippen LogP contribution in [-0.4, -0.2) is 28.5 Å². The van der Waals surface area contributed by atoms with E-state index < -0.39 is 0 Å². The number of fused-ring (bicyclic) bond motifs is 1. The second kappa shape index (κ2) is 7.00. The van der Waals surface area contributed by atoms with Crippen molar-refractivity contribution >= 4 is 34.0 Å². The Morgan fingerprint density at radius 2 is 1.88 bits per heavy atom. The van der Waals surface area contributed by atoms with Crippen LogP contribution in [0.1, 0.15) is 17.5 Å². The van der Waals surface area contributed by atoms with Crippen molar-refractivity contribution in [2.45, 2.75) is 12.8 Å². The molecule has 1 aromatic heterocycles. The lowest BCUT2D eigenvalue weighted by atomic mass is 9.98. The number of hydrogen-bond acceptors (Lipinski definition) is 1. The van der Waals surface area contributed by atoms with E-state index in [0.29, 0.717) is 18.0 Å². The molecule has 0 saturated heterocycles. The first-order chi connectivity index (χ1) is 12.6. The highest BCUT2D eigenvalue weighted by molar-refractivity contribution is 6.30. The van der Waals surface area contributed by atoms with Crippen molar-refractivity contribution in [1.82, 2.24) is 9.47 Å². The summed E-state index contributed by atoms with van der Waals surface area (Å²) in [6, 6.07) is 16.0. The van der Waals surface area contributed by atoms with Gasteiger partial charge in [-0.25, -0.2) is 0 Å². The molecule has 3 nitrogen and oxygen atoms in total. The molecule has 1 aliphatic heterocycles. The summed E-state index contributed by atoms with van der Waals surface area (Å²) in [4.78, 5) is 14.5. The smallest absolute Gasteiger partial charge is 0.227 e. The van der Waals surface area contributed by atoms with Gasteiger partial charge in [0.2, 0.25) is 5.91 Å². The molecule has 0 spiro atoms. The summed E-state index contributed by atoms with van der Waals surface area (Å²) in [5, 5.41) is 1.98. The van der Waals surface area contributed by atoms with Crippen LogP contribution in [0.15, 0.2) is 60.8 Å². The summed E-state index contributed by atoms with van der Waals surface area (Å²) in [6.07, 6.45) is 5.71. The Bertz CT molecular complexity index is 985. The van der Waals surface area contributed by atoms with E-state index in [-0.39, 0.29) is 5.91 Å². The predicted molar refractivity (Wildman–Crippen MR) is 107 cm³/mol. The maximum atomic E-state index is 12.6. The molecule has 0 fully saturated rings. The molecule has 0 radical (unpaired) electrons. The van der Waals surface area contributed by atoms with Crippen LogP contribution in [0.2, 0.25) is 5.02 Å². The largest absolute Gasteiger partial charge is 0.350 e. The van der Waals surface area contributed by atoms with E-state index in [1.54, 1.807) is 0 Å². The summed E-state index contributed by atoms with van der Waals surface area (Å²) in [6.45, 7) is 1.44. The van der Waals surface area contributed by atoms with Gasteiger partial charge in [-0.3, -0.25) is 4.79 Å². The molecule has 4 rings (SSSR count). The molecule has 0 bridgehead atoms. The van der Waals surface area contributed by atoms with Gasteiger partial charge < -0.3 is 9.47 Å². The molecule has 26 heavy (non-hydrogen) atoms. The number of para-hydroxylation sites is 1. The molecule has 0 unspecified atom stereocenters. The standard InChI is InChI=1S/C22H21ClN2O/c1-24-15-20(19-4-2-3-5-21(19)24)17-10-12-25(13-11-17)22(26)14-16-6-8-18(23)9-7-16/h2-10,15H,11-14H2,1H3. The van der Waals surface area contributed by atoms with Crippen molar-refractivity contribution in [3.05, 3.63) is 77.0 Å². The van der Waals surface area contributed by atoms with Crippen LogP contribution in [0.25, 0.3) is 16.5 Å². The summed E-state index contributed by atoms with van der Waals surface area (Å²) >= 11 is 5.91. The SMILES string of the molecule is Cn1cc(C2=CCN(C(=O)Cc3ccc(Cl)cc3)CC2)c2ccccc21. The lowest BCUT2D eigenvalue weighted by Crippen LogP contribution is -2.35. The maximum Gasteiger partial charge on any atom is 0.227 e. The molecule has 4 heteroatoms. The number of rotatable bonds is 3. The van der Waals surface area contributed by atoms with Gasteiger partial charge in [0.1, 0.15) is 0 Å². The third-order valence-corrected chi connectivity index (χ3v) is 5.33. The molecule has 132 valence electrons. The highest BCUT2D eigenvalue weighted by atomic mass is 35.5. The lowest BCUT2D eigenvalue weighted by Gasteiger charge is -2.26. The first-order valence-electron chi connectivity index (χ1n) is 8.87. The number of aromatic nitrogens is 1. The Morgan fingerprint density at radius 1 is 1.12 bits per heavy atom. The van der Waals surface area contributed by atoms with E-state index in [2.05, 4.69) is 48.2 Å². The average molecular weight is 365 g/mol. The van der Waals surface area contributed by atoms with Crippen LogP contribution in [0, 0.1) is 0 Å². The third-order valence-electron chi connectivity index (χ3n) is 5.07. The number of halogens is 1. The highest BCUT2D eigenvalue weighted by Crippen LogP contribution is 2.30. The minimum Gasteiger partial charge on any atom is -0.350 e. The normalized spacial score (nSPS) is 14.5. The molecule has 0 N–H and O–H groups in total. The van der Waals surface area contributed by atoms with Gasteiger partial charge in [-0.05, 0) is 35.8 Å². The van der Waals surface area contributed by atoms with E-state index in [4.69, 9.17) is 11.6 Å². The van der Waals surface area contributed by atoms with Crippen LogP contribution in [0.5, 0.6) is 0 Å². The van der Waals surface area contributed by atoms with Crippen molar-refractivity contribution in [2.24, 2.45) is 7.05 Å². The summed E-state index contributed by atoms with van der Waals surface area (Å²) < 4.78 is 2.17. The van der Waals surface area contributed by atoms with Gasteiger partial charge in [-0.2, -0.15) is 0 Å². The fourth-order valence-corrected chi connectivity index (χ4v) is 3.75. The second-order valence-corrected chi connectivity index (χ2v) is 7.23. The molecule has 1 amide bonds. The topological polar surface area (TPSA) is 25.2 Å². The first kappa shape index (κ1) is 16.9. The van der Waals surface area contributed by atoms with E-state index in [1.165, 1.54) is 22.0 Å². The van der Waals surface area contributed by atoms with Crippen molar-refractivity contribution in [3.63, 3.8) is 0 Å². The quantitative estimate of drug-likeness (QED) is 0.661. The van der Waals surface area contributed by atoms with E-state index in [9.17, 15) is 4.79 Å². The van der Waals surface area contributed by atoms with Crippen molar-refractivity contribution < 1.29 is 4.79 Å². The van der Waals surface area contributed by atoms with Gasteiger partial charge in [0.15, 0.2) is 0 Å². The Kier molecular flexibility index (Phi) is 4.56. The number of hydrogen-bond donors (Lipinski definition) is 0. The minimum absolute atomic E-state index is 0.167. The lowest BCUT2D eigenvalue weighted by molar-refractivity contribution is -0.130. The number of aryl methyl sites for hydroxylation is 1. The van der Waals surface area contributed by atoms with Gasteiger partial charge in [0.25, 0.3) is 0 Å². The molecular formula is C22H21ClN2O. The van der Waals surface area contributed by atoms with Gasteiger partial charge in [-0.15, -0.1) is 0 Å². The molecule has 2 heterocycles. The maximum absolute atomic E-state index is 12.6.